The Morgan fingerprint density at radius 1 is 1.26 bits per heavy atom. The summed E-state index contributed by atoms with van der Waals surface area (Å²) in [7, 11) is 1.68. The summed E-state index contributed by atoms with van der Waals surface area (Å²) < 4.78 is 11.2. The first-order chi connectivity index (χ1) is 8.95. The quantitative estimate of drug-likeness (QED) is 0.898. The van der Waals surface area contributed by atoms with Crippen LogP contribution in [0, 0.1) is 5.41 Å². The van der Waals surface area contributed by atoms with Gasteiger partial charge >= 0.3 is 0 Å². The molecule has 1 aromatic heterocycles. The van der Waals surface area contributed by atoms with Crippen molar-refractivity contribution in [1.29, 1.82) is 0 Å². The van der Waals surface area contributed by atoms with E-state index in [2.05, 4.69) is 39.1 Å². The molecule has 0 aliphatic heterocycles. The summed E-state index contributed by atoms with van der Waals surface area (Å²) in [4.78, 5) is 0. The van der Waals surface area contributed by atoms with Crippen molar-refractivity contribution in [3.05, 3.63) is 30.0 Å². The van der Waals surface area contributed by atoms with Crippen LogP contribution < -0.4 is 10.1 Å². The summed E-state index contributed by atoms with van der Waals surface area (Å²) in [5.74, 6) is 1.84. The van der Waals surface area contributed by atoms with Crippen LogP contribution in [-0.4, -0.2) is 13.7 Å². The summed E-state index contributed by atoms with van der Waals surface area (Å²) in [5.41, 5.74) is 1.01. The van der Waals surface area contributed by atoms with E-state index in [1.54, 1.807) is 7.11 Å². The standard InChI is InChI=1S/C16H23NO2/c1-6-17-15(16(2,3)4)14-10-11-9-12(18-5)7-8-13(11)19-14/h7-10,15,17H,6H2,1-5H3. The van der Waals surface area contributed by atoms with Gasteiger partial charge < -0.3 is 14.5 Å². The molecule has 3 heteroatoms. The van der Waals surface area contributed by atoms with E-state index in [-0.39, 0.29) is 11.5 Å². The normalized spacial score (nSPS) is 13.7. The van der Waals surface area contributed by atoms with Crippen LogP contribution >= 0.6 is 0 Å². The van der Waals surface area contributed by atoms with Crippen molar-refractivity contribution in [1.82, 2.24) is 5.32 Å². The van der Waals surface area contributed by atoms with E-state index in [9.17, 15) is 0 Å². The van der Waals surface area contributed by atoms with Gasteiger partial charge in [0.2, 0.25) is 0 Å². The molecular weight excluding hydrogens is 238 g/mol. The molecule has 0 aliphatic carbocycles. The fourth-order valence-corrected chi connectivity index (χ4v) is 2.35. The number of furan rings is 1. The second-order valence-corrected chi connectivity index (χ2v) is 5.91. The van der Waals surface area contributed by atoms with Gasteiger partial charge in [-0.1, -0.05) is 27.7 Å². The zero-order valence-electron chi connectivity index (χ0n) is 12.4. The van der Waals surface area contributed by atoms with Gasteiger partial charge in [-0.3, -0.25) is 0 Å². The third kappa shape index (κ3) is 2.92. The van der Waals surface area contributed by atoms with Crippen LogP contribution in [0.1, 0.15) is 39.5 Å². The zero-order valence-corrected chi connectivity index (χ0v) is 12.4. The van der Waals surface area contributed by atoms with Crippen molar-refractivity contribution in [3.63, 3.8) is 0 Å². The lowest BCUT2D eigenvalue weighted by Gasteiger charge is -2.29. The number of nitrogens with one attached hydrogen (secondary N) is 1. The van der Waals surface area contributed by atoms with E-state index in [1.165, 1.54) is 0 Å². The van der Waals surface area contributed by atoms with Crippen LogP contribution in [0.4, 0.5) is 0 Å². The average molecular weight is 261 g/mol. The monoisotopic (exact) mass is 261 g/mol. The van der Waals surface area contributed by atoms with Gasteiger partial charge in [0.15, 0.2) is 0 Å². The molecule has 1 N–H and O–H groups in total. The first kappa shape index (κ1) is 13.9. The van der Waals surface area contributed by atoms with Gasteiger partial charge in [-0.15, -0.1) is 0 Å². The maximum Gasteiger partial charge on any atom is 0.134 e. The highest BCUT2D eigenvalue weighted by atomic mass is 16.5. The van der Waals surface area contributed by atoms with Crippen molar-refractivity contribution < 1.29 is 9.15 Å². The smallest absolute Gasteiger partial charge is 0.134 e. The number of benzene rings is 1. The molecule has 0 saturated heterocycles. The summed E-state index contributed by atoms with van der Waals surface area (Å²) in [6.45, 7) is 9.68. The molecule has 0 aliphatic rings. The molecule has 0 radical (unpaired) electrons. The van der Waals surface area contributed by atoms with Crippen molar-refractivity contribution >= 4 is 11.0 Å². The average Bonchev–Trinajstić information content (AvgIpc) is 2.76. The highest BCUT2D eigenvalue weighted by Crippen LogP contribution is 2.36. The Morgan fingerprint density at radius 2 is 2.00 bits per heavy atom. The van der Waals surface area contributed by atoms with Crippen LogP contribution in [0.5, 0.6) is 5.75 Å². The SMILES string of the molecule is CCNC(c1cc2cc(OC)ccc2o1)C(C)(C)C. The molecule has 3 nitrogen and oxygen atoms in total. The molecule has 0 amide bonds. The third-order valence-electron chi connectivity index (χ3n) is 3.30. The molecule has 19 heavy (non-hydrogen) atoms. The largest absolute Gasteiger partial charge is 0.497 e. The summed E-state index contributed by atoms with van der Waals surface area (Å²) in [6.07, 6.45) is 0. The van der Waals surface area contributed by atoms with Crippen LogP contribution in [0.15, 0.2) is 28.7 Å². The lowest BCUT2D eigenvalue weighted by molar-refractivity contribution is 0.244. The molecule has 1 aromatic carbocycles. The maximum atomic E-state index is 5.99. The summed E-state index contributed by atoms with van der Waals surface area (Å²) >= 11 is 0. The molecule has 2 aromatic rings. The zero-order chi connectivity index (χ0) is 14.0. The molecule has 1 heterocycles. The van der Waals surface area contributed by atoms with E-state index in [0.717, 1.165) is 29.0 Å². The first-order valence-electron chi connectivity index (χ1n) is 6.76. The fraction of sp³-hybridized carbons (Fsp3) is 0.500. The van der Waals surface area contributed by atoms with E-state index in [0.29, 0.717) is 0 Å². The minimum atomic E-state index is 0.105. The Hall–Kier alpha value is -1.48. The van der Waals surface area contributed by atoms with Crippen molar-refractivity contribution in [2.45, 2.75) is 33.7 Å². The number of methoxy groups -OCH3 is 1. The second-order valence-electron chi connectivity index (χ2n) is 5.91. The maximum absolute atomic E-state index is 5.99. The van der Waals surface area contributed by atoms with Gasteiger partial charge in [-0.05, 0) is 36.2 Å². The molecule has 0 spiro atoms. The predicted octanol–water partition coefficient (Wildman–Crippen LogP) is 4.14. The molecule has 2 rings (SSSR count). The van der Waals surface area contributed by atoms with Crippen molar-refractivity contribution in [3.8, 4) is 5.75 Å². The molecular formula is C16H23NO2. The number of hydrogen-bond donors (Lipinski definition) is 1. The van der Waals surface area contributed by atoms with E-state index in [4.69, 9.17) is 9.15 Å². The Labute approximate surface area is 114 Å². The van der Waals surface area contributed by atoms with Gasteiger partial charge in [-0.2, -0.15) is 0 Å². The molecule has 0 fully saturated rings. The minimum absolute atomic E-state index is 0.105. The highest BCUT2D eigenvalue weighted by molar-refractivity contribution is 5.79. The number of hydrogen-bond acceptors (Lipinski definition) is 3. The Kier molecular flexibility index (Phi) is 3.85. The van der Waals surface area contributed by atoms with Crippen molar-refractivity contribution in [2.24, 2.45) is 5.41 Å². The lowest BCUT2D eigenvalue weighted by Crippen LogP contribution is -2.31. The van der Waals surface area contributed by atoms with Crippen LogP contribution in [0.25, 0.3) is 11.0 Å². The molecule has 0 saturated carbocycles. The Morgan fingerprint density at radius 3 is 2.58 bits per heavy atom. The van der Waals surface area contributed by atoms with Crippen LogP contribution in [-0.2, 0) is 0 Å². The summed E-state index contributed by atoms with van der Waals surface area (Å²) in [5, 5.41) is 4.59. The lowest BCUT2D eigenvalue weighted by atomic mass is 9.85. The Bertz CT molecular complexity index is 551. The number of rotatable bonds is 4. The van der Waals surface area contributed by atoms with Crippen molar-refractivity contribution in [2.75, 3.05) is 13.7 Å². The minimum Gasteiger partial charge on any atom is -0.497 e. The van der Waals surface area contributed by atoms with Gasteiger partial charge in [0.1, 0.15) is 17.1 Å². The molecule has 1 unspecified atom stereocenters. The highest BCUT2D eigenvalue weighted by Gasteiger charge is 2.28. The summed E-state index contributed by atoms with van der Waals surface area (Å²) in [6, 6.07) is 8.21. The van der Waals surface area contributed by atoms with E-state index >= 15 is 0 Å². The van der Waals surface area contributed by atoms with E-state index in [1.807, 2.05) is 18.2 Å². The number of fused-ring (bicyclic) bond motifs is 1. The second kappa shape index (κ2) is 5.25. The van der Waals surface area contributed by atoms with Gasteiger partial charge in [0, 0.05) is 5.39 Å². The van der Waals surface area contributed by atoms with Crippen LogP contribution in [0.3, 0.4) is 0 Å². The van der Waals surface area contributed by atoms with Gasteiger partial charge in [0.25, 0.3) is 0 Å². The third-order valence-corrected chi connectivity index (χ3v) is 3.30. The number of ether oxygens (including phenoxy) is 1. The van der Waals surface area contributed by atoms with Crippen LogP contribution in [0.2, 0.25) is 0 Å². The molecule has 104 valence electrons. The van der Waals surface area contributed by atoms with E-state index < -0.39 is 0 Å². The molecule has 1 atom stereocenters. The topological polar surface area (TPSA) is 34.4 Å². The van der Waals surface area contributed by atoms with Gasteiger partial charge in [0.05, 0.1) is 13.2 Å². The first-order valence-corrected chi connectivity index (χ1v) is 6.76. The predicted molar refractivity (Wildman–Crippen MR) is 78.6 cm³/mol. The Balaban J connectivity index is 2.43. The fourth-order valence-electron chi connectivity index (χ4n) is 2.35. The molecule has 0 bridgehead atoms. The van der Waals surface area contributed by atoms with Gasteiger partial charge in [-0.25, -0.2) is 0 Å².